The molecular weight excluding hydrogens is 458 g/mol. The first kappa shape index (κ1) is 22.1. The number of nitrogens with zero attached hydrogens (tertiary/aromatic N) is 1. The van der Waals surface area contributed by atoms with Crippen molar-refractivity contribution in [3.8, 4) is 5.75 Å². The molecule has 0 fully saturated rings. The van der Waals surface area contributed by atoms with E-state index in [2.05, 4.69) is 26.0 Å². The van der Waals surface area contributed by atoms with Crippen LogP contribution in [0.25, 0.3) is 0 Å². The molecule has 1 amide bonds. The van der Waals surface area contributed by atoms with E-state index in [1.807, 2.05) is 0 Å². The highest BCUT2D eigenvalue weighted by Crippen LogP contribution is 2.25. The molecule has 0 bridgehead atoms. The standard InChI is InChI=1S/C18H19BrF2N2O4S/c1-12-5-3-4-6-15(12)23(28(2,25)26)11-17(24)22-10-13-9-14(19)7-8-16(13)27-18(20)21/h3-9,18H,10-11H2,1-2H3,(H,22,24). The summed E-state index contributed by atoms with van der Waals surface area (Å²) in [4.78, 5) is 12.4. The van der Waals surface area contributed by atoms with Gasteiger partial charge >= 0.3 is 6.61 Å². The number of para-hydroxylation sites is 1. The third-order valence-electron chi connectivity index (χ3n) is 3.79. The fourth-order valence-electron chi connectivity index (χ4n) is 2.50. The van der Waals surface area contributed by atoms with E-state index in [0.717, 1.165) is 10.6 Å². The van der Waals surface area contributed by atoms with Crippen LogP contribution < -0.4 is 14.4 Å². The number of amides is 1. The molecule has 0 aromatic heterocycles. The van der Waals surface area contributed by atoms with Crippen LogP contribution in [-0.4, -0.2) is 33.7 Å². The van der Waals surface area contributed by atoms with Crippen molar-refractivity contribution in [1.29, 1.82) is 0 Å². The van der Waals surface area contributed by atoms with Crippen LogP contribution >= 0.6 is 15.9 Å². The van der Waals surface area contributed by atoms with E-state index >= 15 is 0 Å². The van der Waals surface area contributed by atoms with Crippen LogP contribution in [0.15, 0.2) is 46.9 Å². The van der Waals surface area contributed by atoms with Gasteiger partial charge in [-0.1, -0.05) is 34.1 Å². The van der Waals surface area contributed by atoms with E-state index in [9.17, 15) is 22.0 Å². The molecule has 2 aromatic carbocycles. The summed E-state index contributed by atoms with van der Waals surface area (Å²) in [7, 11) is -3.71. The van der Waals surface area contributed by atoms with Crippen molar-refractivity contribution in [3.05, 3.63) is 58.1 Å². The van der Waals surface area contributed by atoms with E-state index in [1.54, 1.807) is 31.2 Å². The number of aryl methyl sites for hydroxylation is 1. The Balaban J connectivity index is 2.15. The smallest absolute Gasteiger partial charge is 0.387 e. The van der Waals surface area contributed by atoms with Crippen LogP contribution in [0.1, 0.15) is 11.1 Å². The Kier molecular flexibility index (Phi) is 7.36. The third kappa shape index (κ3) is 6.16. The predicted molar refractivity (Wildman–Crippen MR) is 106 cm³/mol. The Morgan fingerprint density at radius 2 is 1.93 bits per heavy atom. The van der Waals surface area contributed by atoms with Crippen LogP contribution in [0.2, 0.25) is 0 Å². The van der Waals surface area contributed by atoms with Gasteiger partial charge in [0.05, 0.1) is 11.9 Å². The maximum Gasteiger partial charge on any atom is 0.387 e. The normalized spacial score (nSPS) is 11.4. The van der Waals surface area contributed by atoms with Crippen LogP contribution in [0.3, 0.4) is 0 Å². The minimum atomic E-state index is -3.71. The average molecular weight is 477 g/mol. The minimum absolute atomic E-state index is 0.0719. The van der Waals surface area contributed by atoms with Gasteiger partial charge in [-0.15, -0.1) is 0 Å². The van der Waals surface area contributed by atoms with Gasteiger partial charge in [0.25, 0.3) is 0 Å². The summed E-state index contributed by atoms with van der Waals surface area (Å²) in [6.45, 7) is -1.81. The van der Waals surface area contributed by atoms with Gasteiger partial charge in [0.1, 0.15) is 12.3 Å². The molecule has 0 heterocycles. The van der Waals surface area contributed by atoms with Gasteiger partial charge in [-0.25, -0.2) is 8.42 Å². The fourth-order valence-corrected chi connectivity index (χ4v) is 3.82. The number of hydrogen-bond acceptors (Lipinski definition) is 4. The Bertz CT molecular complexity index is 954. The second kappa shape index (κ2) is 9.33. The molecule has 0 radical (unpaired) electrons. The number of benzene rings is 2. The van der Waals surface area contributed by atoms with E-state index in [1.165, 1.54) is 18.2 Å². The fraction of sp³-hybridized carbons (Fsp3) is 0.278. The maximum atomic E-state index is 12.5. The zero-order valence-corrected chi connectivity index (χ0v) is 17.6. The van der Waals surface area contributed by atoms with Crippen molar-refractivity contribution in [2.75, 3.05) is 17.1 Å². The van der Waals surface area contributed by atoms with Gasteiger partial charge in [-0.05, 0) is 36.8 Å². The molecule has 2 rings (SSSR count). The lowest BCUT2D eigenvalue weighted by Crippen LogP contribution is -2.40. The highest BCUT2D eigenvalue weighted by atomic mass is 79.9. The topological polar surface area (TPSA) is 75.7 Å². The Morgan fingerprint density at radius 1 is 1.25 bits per heavy atom. The average Bonchev–Trinajstić information content (AvgIpc) is 2.59. The number of rotatable bonds is 8. The van der Waals surface area contributed by atoms with Crippen molar-refractivity contribution in [2.45, 2.75) is 20.1 Å². The Hall–Kier alpha value is -2.20. The number of alkyl halides is 2. The minimum Gasteiger partial charge on any atom is -0.434 e. The third-order valence-corrected chi connectivity index (χ3v) is 5.41. The number of sulfonamides is 1. The van der Waals surface area contributed by atoms with Gasteiger partial charge in [0, 0.05) is 16.6 Å². The van der Waals surface area contributed by atoms with Crippen molar-refractivity contribution >= 4 is 37.5 Å². The molecule has 10 heteroatoms. The summed E-state index contributed by atoms with van der Waals surface area (Å²) < 4.78 is 55.4. The van der Waals surface area contributed by atoms with E-state index < -0.39 is 29.1 Å². The Morgan fingerprint density at radius 3 is 2.54 bits per heavy atom. The lowest BCUT2D eigenvalue weighted by Gasteiger charge is -2.23. The quantitative estimate of drug-likeness (QED) is 0.632. The van der Waals surface area contributed by atoms with Gasteiger partial charge < -0.3 is 10.1 Å². The van der Waals surface area contributed by atoms with Crippen molar-refractivity contribution in [2.24, 2.45) is 0 Å². The van der Waals surface area contributed by atoms with Crippen LogP contribution in [-0.2, 0) is 21.4 Å². The number of ether oxygens (including phenoxy) is 1. The molecule has 152 valence electrons. The van der Waals surface area contributed by atoms with Gasteiger partial charge in [-0.3, -0.25) is 9.10 Å². The summed E-state index contributed by atoms with van der Waals surface area (Å²) in [6.07, 6.45) is 1.01. The molecule has 0 saturated carbocycles. The molecule has 0 aliphatic rings. The molecule has 0 saturated heterocycles. The molecule has 6 nitrogen and oxygen atoms in total. The molecule has 1 N–H and O–H groups in total. The molecule has 0 aliphatic heterocycles. The zero-order valence-electron chi connectivity index (χ0n) is 15.2. The lowest BCUT2D eigenvalue weighted by molar-refractivity contribution is -0.119. The summed E-state index contributed by atoms with van der Waals surface area (Å²) in [5.41, 5.74) is 1.41. The van der Waals surface area contributed by atoms with Gasteiger partial charge in [0.15, 0.2) is 0 Å². The van der Waals surface area contributed by atoms with Crippen LogP contribution in [0.4, 0.5) is 14.5 Å². The molecule has 28 heavy (non-hydrogen) atoms. The van der Waals surface area contributed by atoms with Crippen molar-refractivity contribution < 1.29 is 26.7 Å². The second-order valence-corrected chi connectivity index (χ2v) is 8.79. The highest BCUT2D eigenvalue weighted by molar-refractivity contribution is 9.10. The van der Waals surface area contributed by atoms with E-state index in [0.29, 0.717) is 21.3 Å². The lowest BCUT2D eigenvalue weighted by atomic mass is 10.2. The number of carbonyl (C=O) groups excluding carboxylic acids is 1. The highest BCUT2D eigenvalue weighted by Gasteiger charge is 2.22. The van der Waals surface area contributed by atoms with Crippen LogP contribution in [0.5, 0.6) is 5.75 Å². The molecule has 2 aromatic rings. The summed E-state index contributed by atoms with van der Waals surface area (Å²) >= 11 is 3.23. The monoisotopic (exact) mass is 476 g/mol. The summed E-state index contributed by atoms with van der Waals surface area (Å²) in [5.74, 6) is -0.658. The zero-order chi connectivity index (χ0) is 20.9. The van der Waals surface area contributed by atoms with Gasteiger partial charge in [-0.2, -0.15) is 8.78 Å². The first-order valence-electron chi connectivity index (χ1n) is 8.11. The number of nitrogens with one attached hydrogen (secondary N) is 1. The second-order valence-electron chi connectivity index (χ2n) is 5.96. The summed E-state index contributed by atoms with van der Waals surface area (Å²) in [5, 5.41) is 2.54. The van der Waals surface area contributed by atoms with Crippen LogP contribution in [0, 0.1) is 6.92 Å². The number of carbonyl (C=O) groups is 1. The number of hydrogen-bond donors (Lipinski definition) is 1. The number of anilines is 1. The summed E-state index contributed by atoms with van der Waals surface area (Å²) in [6, 6.07) is 11.2. The van der Waals surface area contributed by atoms with Gasteiger partial charge in [0.2, 0.25) is 15.9 Å². The molecule has 0 spiro atoms. The van der Waals surface area contributed by atoms with E-state index in [4.69, 9.17) is 0 Å². The Labute approximate surface area is 170 Å². The predicted octanol–water partition coefficient (Wildman–Crippen LogP) is 3.44. The molecular formula is C18H19BrF2N2O4S. The first-order chi connectivity index (χ1) is 13.1. The number of halogens is 3. The largest absolute Gasteiger partial charge is 0.434 e. The first-order valence-corrected chi connectivity index (χ1v) is 10.8. The maximum absolute atomic E-state index is 12.5. The van der Waals surface area contributed by atoms with Crippen molar-refractivity contribution in [3.63, 3.8) is 0 Å². The SMILES string of the molecule is Cc1ccccc1N(CC(=O)NCc1cc(Br)ccc1OC(F)F)S(C)(=O)=O. The van der Waals surface area contributed by atoms with E-state index in [-0.39, 0.29) is 12.3 Å². The molecule has 0 unspecified atom stereocenters. The molecule has 0 aliphatic carbocycles. The molecule has 0 atom stereocenters. The van der Waals surface area contributed by atoms with Crippen molar-refractivity contribution in [1.82, 2.24) is 5.32 Å².